The van der Waals surface area contributed by atoms with Crippen LogP contribution in [0.25, 0.3) is 0 Å². The Balaban J connectivity index is 2.47. The van der Waals surface area contributed by atoms with Gasteiger partial charge in [-0.15, -0.1) is 0 Å². The number of benzene rings is 1. The van der Waals surface area contributed by atoms with Crippen LogP contribution in [0.2, 0.25) is 0 Å². The maximum absolute atomic E-state index is 11.5. The third-order valence-electron chi connectivity index (χ3n) is 2.05. The monoisotopic (exact) mass is 217 g/mol. The van der Waals surface area contributed by atoms with Gasteiger partial charge in [-0.05, 0) is 24.7 Å². The van der Waals surface area contributed by atoms with Crippen molar-refractivity contribution >= 4 is 11.6 Å². The van der Waals surface area contributed by atoms with Crippen molar-refractivity contribution in [3.63, 3.8) is 0 Å². The van der Waals surface area contributed by atoms with Gasteiger partial charge in [0.15, 0.2) is 0 Å². The predicted molar refractivity (Wildman–Crippen MR) is 62.9 cm³/mol. The Kier molecular flexibility index (Phi) is 5.03. The van der Waals surface area contributed by atoms with Gasteiger partial charge in [0.1, 0.15) is 0 Å². The highest BCUT2D eigenvalue weighted by Gasteiger charge is 2.01. The molecule has 1 aromatic carbocycles. The molecule has 4 nitrogen and oxygen atoms in total. The molecular weight excluding hydrogens is 202 g/mol. The molecule has 84 valence electrons. The van der Waals surface area contributed by atoms with E-state index < -0.39 is 0 Å². The van der Waals surface area contributed by atoms with Crippen molar-refractivity contribution in [2.75, 3.05) is 18.4 Å². The summed E-state index contributed by atoms with van der Waals surface area (Å²) < 4.78 is 0. The van der Waals surface area contributed by atoms with Gasteiger partial charge in [0.05, 0.1) is 11.6 Å². The van der Waals surface area contributed by atoms with Crippen molar-refractivity contribution in [2.45, 2.75) is 13.3 Å². The minimum absolute atomic E-state index is 0.0453. The molecule has 1 amide bonds. The first-order valence-corrected chi connectivity index (χ1v) is 5.27. The van der Waals surface area contributed by atoms with E-state index in [2.05, 4.69) is 10.6 Å². The Morgan fingerprint density at radius 2 is 2.31 bits per heavy atom. The van der Waals surface area contributed by atoms with Crippen molar-refractivity contribution in [3.05, 3.63) is 29.8 Å². The quantitative estimate of drug-likeness (QED) is 0.734. The van der Waals surface area contributed by atoms with E-state index in [-0.39, 0.29) is 5.91 Å². The molecule has 2 N–H and O–H groups in total. The summed E-state index contributed by atoms with van der Waals surface area (Å²) in [7, 11) is 0. The Labute approximate surface area is 95.3 Å². The van der Waals surface area contributed by atoms with E-state index in [0.29, 0.717) is 24.2 Å². The van der Waals surface area contributed by atoms with Crippen molar-refractivity contribution in [3.8, 4) is 6.07 Å². The summed E-state index contributed by atoms with van der Waals surface area (Å²) in [6.45, 7) is 3.52. The number of hydrogen-bond donors (Lipinski definition) is 2. The highest BCUT2D eigenvalue weighted by molar-refractivity contribution is 5.90. The van der Waals surface area contributed by atoms with Crippen molar-refractivity contribution < 1.29 is 4.79 Å². The lowest BCUT2D eigenvalue weighted by atomic mass is 10.2. The van der Waals surface area contributed by atoms with Gasteiger partial charge >= 0.3 is 0 Å². The fraction of sp³-hybridized carbons (Fsp3) is 0.333. The summed E-state index contributed by atoms with van der Waals surface area (Å²) in [5, 5.41) is 14.5. The van der Waals surface area contributed by atoms with Crippen LogP contribution in [0.5, 0.6) is 0 Å². The molecule has 0 atom stereocenters. The third kappa shape index (κ3) is 4.11. The normalized spacial score (nSPS) is 9.50. The lowest BCUT2D eigenvalue weighted by molar-refractivity contribution is -0.116. The molecule has 0 saturated carbocycles. The molecule has 0 aliphatic carbocycles. The summed E-state index contributed by atoms with van der Waals surface area (Å²) in [4.78, 5) is 11.5. The Morgan fingerprint density at radius 1 is 1.50 bits per heavy atom. The van der Waals surface area contributed by atoms with Gasteiger partial charge in [0, 0.05) is 18.7 Å². The van der Waals surface area contributed by atoms with E-state index in [9.17, 15) is 4.79 Å². The fourth-order valence-corrected chi connectivity index (χ4v) is 1.27. The zero-order valence-corrected chi connectivity index (χ0v) is 9.29. The van der Waals surface area contributed by atoms with Crippen LogP contribution in [-0.4, -0.2) is 19.0 Å². The van der Waals surface area contributed by atoms with Gasteiger partial charge < -0.3 is 10.6 Å². The predicted octanol–water partition coefficient (Wildman–Crippen LogP) is 1.50. The summed E-state index contributed by atoms with van der Waals surface area (Å²) in [5.41, 5.74) is 1.21. The largest absolute Gasteiger partial charge is 0.326 e. The first kappa shape index (κ1) is 12.2. The first-order chi connectivity index (χ1) is 7.76. The zero-order valence-electron chi connectivity index (χ0n) is 9.29. The summed E-state index contributed by atoms with van der Waals surface area (Å²) in [5.74, 6) is -0.0453. The van der Waals surface area contributed by atoms with Gasteiger partial charge in [-0.2, -0.15) is 5.26 Å². The molecule has 0 fully saturated rings. The van der Waals surface area contributed by atoms with E-state index in [4.69, 9.17) is 5.26 Å². The number of nitrogens with one attached hydrogen (secondary N) is 2. The van der Waals surface area contributed by atoms with Crippen LogP contribution in [0, 0.1) is 11.3 Å². The summed E-state index contributed by atoms with van der Waals surface area (Å²) in [6.07, 6.45) is 0.435. The average molecular weight is 217 g/mol. The topological polar surface area (TPSA) is 64.9 Å². The first-order valence-electron chi connectivity index (χ1n) is 5.27. The molecule has 0 radical (unpaired) electrons. The lowest BCUT2D eigenvalue weighted by Crippen LogP contribution is -2.21. The van der Waals surface area contributed by atoms with Gasteiger partial charge in [0.2, 0.25) is 5.91 Å². The van der Waals surface area contributed by atoms with Crippen molar-refractivity contribution in [2.24, 2.45) is 0 Å². The van der Waals surface area contributed by atoms with Crippen LogP contribution in [0.15, 0.2) is 24.3 Å². The molecule has 1 rings (SSSR count). The number of anilines is 1. The van der Waals surface area contributed by atoms with E-state index >= 15 is 0 Å². The summed E-state index contributed by atoms with van der Waals surface area (Å²) >= 11 is 0. The third-order valence-corrected chi connectivity index (χ3v) is 2.05. The number of amides is 1. The highest BCUT2D eigenvalue weighted by atomic mass is 16.1. The standard InChI is InChI=1S/C12H15N3O/c1-2-14-7-6-12(16)15-11-5-3-4-10(8-11)9-13/h3-5,8,14H,2,6-7H2,1H3,(H,15,16). The zero-order chi connectivity index (χ0) is 11.8. The molecule has 0 heterocycles. The Hall–Kier alpha value is -1.86. The highest BCUT2D eigenvalue weighted by Crippen LogP contribution is 2.09. The Bertz CT molecular complexity index is 395. The van der Waals surface area contributed by atoms with Crippen LogP contribution in [0.4, 0.5) is 5.69 Å². The molecule has 0 spiro atoms. The van der Waals surface area contributed by atoms with Crippen LogP contribution in [0.1, 0.15) is 18.9 Å². The van der Waals surface area contributed by atoms with Crippen LogP contribution in [-0.2, 0) is 4.79 Å². The van der Waals surface area contributed by atoms with E-state index in [0.717, 1.165) is 6.54 Å². The number of nitriles is 1. The van der Waals surface area contributed by atoms with Crippen molar-refractivity contribution in [1.29, 1.82) is 5.26 Å². The number of carbonyl (C=O) groups is 1. The molecule has 0 saturated heterocycles. The van der Waals surface area contributed by atoms with Gasteiger partial charge in [0.25, 0.3) is 0 Å². The van der Waals surface area contributed by atoms with Crippen LogP contribution >= 0.6 is 0 Å². The fourth-order valence-electron chi connectivity index (χ4n) is 1.27. The Morgan fingerprint density at radius 3 is 3.00 bits per heavy atom. The molecule has 0 bridgehead atoms. The maximum atomic E-state index is 11.5. The minimum Gasteiger partial charge on any atom is -0.326 e. The van der Waals surface area contributed by atoms with Crippen LogP contribution < -0.4 is 10.6 Å². The molecule has 0 aliphatic rings. The molecule has 0 aromatic heterocycles. The molecule has 16 heavy (non-hydrogen) atoms. The molecule has 0 aliphatic heterocycles. The maximum Gasteiger partial charge on any atom is 0.225 e. The smallest absolute Gasteiger partial charge is 0.225 e. The van der Waals surface area contributed by atoms with Crippen LogP contribution in [0.3, 0.4) is 0 Å². The van der Waals surface area contributed by atoms with Crippen molar-refractivity contribution in [1.82, 2.24) is 5.32 Å². The second-order valence-corrected chi connectivity index (χ2v) is 3.34. The lowest BCUT2D eigenvalue weighted by Gasteiger charge is -2.05. The second-order valence-electron chi connectivity index (χ2n) is 3.34. The molecule has 4 heteroatoms. The van der Waals surface area contributed by atoms with Gasteiger partial charge in [-0.1, -0.05) is 13.0 Å². The number of rotatable bonds is 5. The summed E-state index contributed by atoms with van der Waals surface area (Å²) in [6, 6.07) is 8.91. The van der Waals surface area contributed by atoms with E-state index in [1.54, 1.807) is 24.3 Å². The second kappa shape index (κ2) is 6.59. The number of carbonyl (C=O) groups excluding carboxylic acids is 1. The number of hydrogen-bond acceptors (Lipinski definition) is 3. The SMILES string of the molecule is CCNCCC(=O)Nc1cccc(C#N)c1. The molecule has 0 unspecified atom stereocenters. The van der Waals surface area contributed by atoms with Gasteiger partial charge in [-0.3, -0.25) is 4.79 Å². The van der Waals surface area contributed by atoms with E-state index in [1.807, 2.05) is 13.0 Å². The average Bonchev–Trinajstić information content (AvgIpc) is 2.29. The van der Waals surface area contributed by atoms with E-state index in [1.165, 1.54) is 0 Å². The molecule has 1 aromatic rings. The number of nitrogens with zero attached hydrogens (tertiary/aromatic N) is 1. The minimum atomic E-state index is -0.0453. The van der Waals surface area contributed by atoms with Gasteiger partial charge in [-0.25, -0.2) is 0 Å². The molecular formula is C12H15N3O.